The van der Waals surface area contributed by atoms with E-state index in [1.54, 1.807) is 6.07 Å². The largest absolute Gasteiger partial charge is 0.416 e. The molecule has 0 atom stereocenters. The van der Waals surface area contributed by atoms with E-state index in [4.69, 9.17) is 5.73 Å². The number of nitrogens with two attached hydrogens (primary N) is 1. The van der Waals surface area contributed by atoms with Gasteiger partial charge in [-0.2, -0.15) is 13.2 Å². The third kappa shape index (κ3) is 2.10. The van der Waals surface area contributed by atoms with Crippen molar-refractivity contribution in [3.05, 3.63) is 29.3 Å². The van der Waals surface area contributed by atoms with E-state index in [1.165, 1.54) is 25.3 Å². The minimum Gasteiger partial charge on any atom is -0.370 e. The van der Waals surface area contributed by atoms with Gasteiger partial charge in [-0.15, -0.1) is 0 Å². The third-order valence-electron chi connectivity index (χ3n) is 4.43. The predicted octanol–water partition coefficient (Wildman–Crippen LogP) is 3.15. The number of alkyl halides is 3. The molecule has 0 amide bonds. The first-order chi connectivity index (χ1) is 8.93. The lowest BCUT2D eigenvalue weighted by molar-refractivity contribution is -0.137. The zero-order valence-electron chi connectivity index (χ0n) is 10.6. The molecule has 0 bridgehead atoms. The van der Waals surface area contributed by atoms with Gasteiger partial charge in [0, 0.05) is 30.7 Å². The number of rotatable bonds is 2. The highest BCUT2D eigenvalue weighted by Crippen LogP contribution is 2.50. The molecule has 19 heavy (non-hydrogen) atoms. The minimum atomic E-state index is -4.30. The normalized spacial score (nSPS) is 21.2. The summed E-state index contributed by atoms with van der Waals surface area (Å²) in [7, 11) is 0. The summed E-state index contributed by atoms with van der Waals surface area (Å²) in [6, 6.07) is 3.90. The summed E-state index contributed by atoms with van der Waals surface area (Å²) in [5.74, 6) is 0. The third-order valence-corrected chi connectivity index (χ3v) is 4.43. The van der Waals surface area contributed by atoms with E-state index in [2.05, 4.69) is 4.90 Å². The highest BCUT2D eigenvalue weighted by atomic mass is 19.4. The summed E-state index contributed by atoms with van der Waals surface area (Å²) < 4.78 is 38.0. The van der Waals surface area contributed by atoms with Gasteiger partial charge in [0.05, 0.1) is 5.56 Å². The van der Waals surface area contributed by atoms with Crippen molar-refractivity contribution in [1.29, 1.82) is 0 Å². The number of nitrogens with zero attached hydrogens (tertiary/aromatic N) is 1. The van der Waals surface area contributed by atoms with Gasteiger partial charge in [-0.3, -0.25) is 0 Å². The van der Waals surface area contributed by atoms with Gasteiger partial charge in [0.25, 0.3) is 0 Å². The predicted molar refractivity (Wildman–Crippen MR) is 67.8 cm³/mol. The number of hydrogen-bond donors (Lipinski definition) is 1. The highest BCUT2D eigenvalue weighted by molar-refractivity contribution is 5.58. The molecule has 1 aliphatic carbocycles. The minimum absolute atomic E-state index is 0.142. The lowest BCUT2D eigenvalue weighted by Crippen LogP contribution is -2.60. The molecule has 1 saturated heterocycles. The topological polar surface area (TPSA) is 29.3 Å². The van der Waals surface area contributed by atoms with Crippen molar-refractivity contribution in [3.63, 3.8) is 0 Å². The summed E-state index contributed by atoms with van der Waals surface area (Å²) in [4.78, 5) is 2.15. The van der Waals surface area contributed by atoms with Crippen LogP contribution in [0.25, 0.3) is 0 Å². The Balaban J connectivity index is 1.82. The summed E-state index contributed by atoms with van der Waals surface area (Å²) in [6.07, 6.45) is -0.513. The number of benzene rings is 1. The second-order valence-corrected chi connectivity index (χ2v) is 5.75. The van der Waals surface area contributed by atoms with Crippen LogP contribution >= 0.6 is 0 Å². The van der Waals surface area contributed by atoms with E-state index in [1.807, 2.05) is 0 Å². The number of halogens is 3. The van der Waals surface area contributed by atoms with Crippen molar-refractivity contribution in [2.75, 3.05) is 18.0 Å². The van der Waals surface area contributed by atoms with Gasteiger partial charge in [-0.1, -0.05) is 6.42 Å². The lowest BCUT2D eigenvalue weighted by atomic mass is 9.63. The molecule has 1 aromatic carbocycles. The first-order valence-corrected chi connectivity index (χ1v) is 6.59. The maximum absolute atomic E-state index is 12.7. The van der Waals surface area contributed by atoms with Crippen molar-refractivity contribution >= 4 is 5.69 Å². The van der Waals surface area contributed by atoms with Crippen LogP contribution in [0, 0.1) is 5.41 Å². The van der Waals surface area contributed by atoms with Crippen LogP contribution in [0.15, 0.2) is 18.2 Å². The van der Waals surface area contributed by atoms with E-state index in [-0.39, 0.29) is 6.54 Å². The Bertz CT molecular complexity index is 484. The standard InChI is InChI=1S/C14H17F3N2/c15-14(16,17)11-2-3-12(10(6-11)7-18)19-8-13(9-19)4-1-5-13/h2-3,6H,1,4-5,7-9,18H2. The van der Waals surface area contributed by atoms with Gasteiger partial charge < -0.3 is 10.6 Å². The van der Waals surface area contributed by atoms with Crippen molar-refractivity contribution < 1.29 is 13.2 Å². The molecule has 5 heteroatoms. The molecule has 2 N–H and O–H groups in total. The molecule has 2 nitrogen and oxygen atoms in total. The van der Waals surface area contributed by atoms with Gasteiger partial charge in [-0.25, -0.2) is 0 Å². The van der Waals surface area contributed by atoms with Crippen molar-refractivity contribution in [2.45, 2.75) is 32.0 Å². The summed E-state index contributed by atoms with van der Waals surface area (Å²) in [5, 5.41) is 0. The van der Waals surface area contributed by atoms with Crippen LogP contribution in [0.2, 0.25) is 0 Å². The van der Waals surface area contributed by atoms with E-state index >= 15 is 0 Å². The molecule has 2 aliphatic rings. The molecule has 1 aliphatic heterocycles. The van der Waals surface area contributed by atoms with Gasteiger partial charge in [0.2, 0.25) is 0 Å². The van der Waals surface area contributed by atoms with Crippen LogP contribution in [-0.2, 0) is 12.7 Å². The zero-order chi connectivity index (χ0) is 13.7. The van der Waals surface area contributed by atoms with Gasteiger partial charge in [-0.05, 0) is 36.6 Å². The Kier molecular flexibility index (Phi) is 2.78. The quantitative estimate of drug-likeness (QED) is 0.894. The fourth-order valence-corrected chi connectivity index (χ4v) is 3.16. The summed E-state index contributed by atoms with van der Waals surface area (Å²) in [6.45, 7) is 2.07. The molecule has 1 spiro atoms. The Morgan fingerprint density at radius 1 is 1.21 bits per heavy atom. The number of hydrogen-bond acceptors (Lipinski definition) is 2. The van der Waals surface area contributed by atoms with Gasteiger partial charge in [0.1, 0.15) is 0 Å². The molecule has 104 valence electrons. The first-order valence-electron chi connectivity index (χ1n) is 6.59. The molecule has 0 aromatic heterocycles. The second-order valence-electron chi connectivity index (χ2n) is 5.75. The average molecular weight is 270 g/mol. The monoisotopic (exact) mass is 270 g/mol. The maximum atomic E-state index is 12.7. The smallest absolute Gasteiger partial charge is 0.370 e. The molecule has 3 rings (SSSR count). The molecular weight excluding hydrogens is 253 g/mol. The van der Waals surface area contributed by atoms with Gasteiger partial charge >= 0.3 is 6.18 Å². The first kappa shape index (κ1) is 12.8. The molecule has 1 saturated carbocycles. The van der Waals surface area contributed by atoms with Crippen LogP contribution in [-0.4, -0.2) is 13.1 Å². The molecule has 1 heterocycles. The Hall–Kier alpha value is -1.23. The SMILES string of the molecule is NCc1cc(C(F)(F)F)ccc1N1CC2(CCC2)C1. The molecule has 1 aromatic rings. The Labute approximate surface area is 110 Å². The Morgan fingerprint density at radius 3 is 2.37 bits per heavy atom. The molecule has 0 unspecified atom stereocenters. The van der Waals surface area contributed by atoms with E-state index < -0.39 is 11.7 Å². The number of anilines is 1. The van der Waals surface area contributed by atoms with E-state index in [9.17, 15) is 13.2 Å². The van der Waals surface area contributed by atoms with Crippen molar-refractivity contribution in [2.24, 2.45) is 11.1 Å². The Morgan fingerprint density at radius 2 is 1.89 bits per heavy atom. The van der Waals surface area contributed by atoms with E-state index in [0.29, 0.717) is 11.0 Å². The van der Waals surface area contributed by atoms with E-state index in [0.717, 1.165) is 24.8 Å². The lowest BCUT2D eigenvalue weighted by Gasteiger charge is -2.57. The van der Waals surface area contributed by atoms with Crippen LogP contribution in [0.1, 0.15) is 30.4 Å². The van der Waals surface area contributed by atoms with Crippen LogP contribution in [0.5, 0.6) is 0 Å². The van der Waals surface area contributed by atoms with Gasteiger partial charge in [0.15, 0.2) is 0 Å². The average Bonchev–Trinajstić information content (AvgIpc) is 2.24. The fourth-order valence-electron chi connectivity index (χ4n) is 3.16. The second kappa shape index (κ2) is 4.13. The van der Waals surface area contributed by atoms with Crippen molar-refractivity contribution in [3.8, 4) is 0 Å². The summed E-state index contributed by atoms with van der Waals surface area (Å²) >= 11 is 0. The fraction of sp³-hybridized carbons (Fsp3) is 0.571. The maximum Gasteiger partial charge on any atom is 0.416 e. The summed E-state index contributed by atoms with van der Waals surface area (Å²) in [5.41, 5.74) is 6.89. The van der Waals surface area contributed by atoms with Crippen LogP contribution in [0.4, 0.5) is 18.9 Å². The molecular formula is C14H17F3N2. The molecule has 2 fully saturated rings. The van der Waals surface area contributed by atoms with Crippen LogP contribution < -0.4 is 10.6 Å². The van der Waals surface area contributed by atoms with Crippen LogP contribution in [0.3, 0.4) is 0 Å². The highest BCUT2D eigenvalue weighted by Gasteiger charge is 2.47. The molecule has 0 radical (unpaired) electrons. The zero-order valence-corrected chi connectivity index (χ0v) is 10.6. The van der Waals surface area contributed by atoms with Crippen molar-refractivity contribution in [1.82, 2.24) is 0 Å².